The van der Waals surface area contributed by atoms with Gasteiger partial charge in [0.15, 0.2) is 0 Å². The first-order chi connectivity index (χ1) is 14.0. The molecule has 0 unspecified atom stereocenters. The maximum Gasteiger partial charge on any atom is 0.347 e. The summed E-state index contributed by atoms with van der Waals surface area (Å²) in [7, 11) is 0. The van der Waals surface area contributed by atoms with Gasteiger partial charge in [-0.05, 0) is 31.2 Å². The number of fused-ring (bicyclic) bond motifs is 2. The lowest BCUT2D eigenvalue weighted by Gasteiger charge is -2.02. The second-order valence-electron chi connectivity index (χ2n) is 6.81. The first-order valence-electron chi connectivity index (χ1n) is 9.04. The fourth-order valence-corrected chi connectivity index (χ4v) is 4.62. The average molecular weight is 514 g/mol. The smallest absolute Gasteiger partial charge is 0.347 e. The Morgan fingerprint density at radius 3 is 2.31 bits per heavy atom. The maximum absolute atomic E-state index is 12.8. The summed E-state index contributed by atoms with van der Waals surface area (Å²) in [6.07, 6.45) is 3.67. The number of nitrogens with zero attached hydrogens (tertiary/aromatic N) is 1. The van der Waals surface area contributed by atoms with E-state index in [1.54, 1.807) is 6.20 Å². The van der Waals surface area contributed by atoms with Gasteiger partial charge in [0.05, 0.1) is 11.1 Å². The van der Waals surface area contributed by atoms with Crippen LogP contribution in [0.4, 0.5) is 0 Å². The Labute approximate surface area is 182 Å². The molecule has 0 fully saturated rings. The Kier molecular flexibility index (Phi) is 4.26. The lowest BCUT2D eigenvalue weighted by atomic mass is 9.95. The van der Waals surface area contributed by atoms with Crippen molar-refractivity contribution in [2.24, 2.45) is 0 Å². The standard InChI is InChI=1S/C22H14Br2N2O3/c1-2-26-10-16(14-6-4-12(24)8-18(14)26)20-19(21(27)29-22(20)28)15-9-25-17-7-11(23)3-5-13(15)17/h3-10,25H,2H2,1H3. The minimum atomic E-state index is -0.622. The molecule has 0 saturated carbocycles. The van der Waals surface area contributed by atoms with Gasteiger partial charge in [-0.25, -0.2) is 9.59 Å². The highest BCUT2D eigenvalue weighted by molar-refractivity contribution is 9.10. The van der Waals surface area contributed by atoms with E-state index in [0.29, 0.717) is 22.3 Å². The molecular weight excluding hydrogens is 500 g/mol. The molecule has 0 atom stereocenters. The molecule has 0 radical (unpaired) electrons. The summed E-state index contributed by atoms with van der Waals surface area (Å²) < 4.78 is 8.99. The number of carbonyl (C=O) groups excluding carboxylic acids is 2. The Balaban J connectivity index is 1.84. The molecule has 0 saturated heterocycles. The maximum atomic E-state index is 12.8. The molecule has 1 aliphatic heterocycles. The predicted molar refractivity (Wildman–Crippen MR) is 119 cm³/mol. The largest absolute Gasteiger partial charge is 0.386 e. The van der Waals surface area contributed by atoms with Crippen molar-refractivity contribution in [1.29, 1.82) is 0 Å². The number of carbonyl (C=O) groups is 2. The van der Waals surface area contributed by atoms with Crippen molar-refractivity contribution in [3.63, 3.8) is 0 Å². The topological polar surface area (TPSA) is 64.1 Å². The van der Waals surface area contributed by atoms with Crippen LogP contribution in [0, 0.1) is 0 Å². The fourth-order valence-electron chi connectivity index (χ4n) is 3.91. The van der Waals surface area contributed by atoms with Gasteiger partial charge < -0.3 is 14.3 Å². The molecule has 0 aliphatic carbocycles. The summed E-state index contributed by atoms with van der Waals surface area (Å²) in [5.74, 6) is -1.24. The highest BCUT2D eigenvalue weighted by Gasteiger charge is 2.37. The number of ether oxygens (including phenoxy) is 1. The van der Waals surface area contributed by atoms with Crippen LogP contribution in [-0.4, -0.2) is 21.5 Å². The van der Waals surface area contributed by atoms with Crippen molar-refractivity contribution in [3.8, 4) is 0 Å². The molecule has 0 bridgehead atoms. The molecule has 7 heteroatoms. The highest BCUT2D eigenvalue weighted by atomic mass is 79.9. The number of rotatable bonds is 3. The summed E-state index contributed by atoms with van der Waals surface area (Å²) in [6, 6.07) is 11.6. The second kappa shape index (κ2) is 6.71. The molecule has 0 amide bonds. The van der Waals surface area contributed by atoms with Gasteiger partial charge in [0.2, 0.25) is 0 Å². The quantitative estimate of drug-likeness (QED) is 0.284. The van der Waals surface area contributed by atoms with Crippen LogP contribution in [0.15, 0.2) is 57.7 Å². The molecule has 144 valence electrons. The molecule has 5 rings (SSSR count). The summed E-state index contributed by atoms with van der Waals surface area (Å²) in [4.78, 5) is 28.6. The monoisotopic (exact) mass is 512 g/mol. The Morgan fingerprint density at radius 2 is 1.59 bits per heavy atom. The van der Waals surface area contributed by atoms with Crippen molar-refractivity contribution in [3.05, 3.63) is 68.9 Å². The SMILES string of the molecule is CCn1cc(C2=C(c3c[nH]c4cc(Br)ccc34)C(=O)OC2=O)c2ccc(Br)cc21. The van der Waals surface area contributed by atoms with E-state index >= 15 is 0 Å². The van der Waals surface area contributed by atoms with Crippen molar-refractivity contribution < 1.29 is 14.3 Å². The van der Waals surface area contributed by atoms with Crippen LogP contribution in [0.1, 0.15) is 18.1 Å². The highest BCUT2D eigenvalue weighted by Crippen LogP contribution is 2.40. The Hall–Kier alpha value is -2.64. The molecule has 2 aromatic carbocycles. The molecule has 2 aromatic heterocycles. The van der Waals surface area contributed by atoms with Crippen LogP contribution in [0.3, 0.4) is 0 Å². The van der Waals surface area contributed by atoms with Gasteiger partial charge in [-0.1, -0.05) is 44.0 Å². The molecule has 4 aromatic rings. The van der Waals surface area contributed by atoms with Crippen LogP contribution in [0.25, 0.3) is 33.0 Å². The minimum Gasteiger partial charge on any atom is -0.386 e. The molecule has 1 N–H and O–H groups in total. The Morgan fingerprint density at radius 1 is 0.931 bits per heavy atom. The van der Waals surface area contributed by atoms with Crippen molar-refractivity contribution >= 4 is 76.8 Å². The first kappa shape index (κ1) is 18.4. The number of aromatic amines is 1. The molecule has 29 heavy (non-hydrogen) atoms. The number of hydrogen-bond acceptors (Lipinski definition) is 3. The van der Waals surface area contributed by atoms with E-state index in [0.717, 1.165) is 37.3 Å². The van der Waals surface area contributed by atoms with Gasteiger partial charge >= 0.3 is 11.9 Å². The predicted octanol–water partition coefficient (Wildman–Crippen LogP) is 5.66. The van der Waals surface area contributed by atoms with E-state index in [9.17, 15) is 9.59 Å². The number of nitrogens with one attached hydrogen (secondary N) is 1. The molecule has 1 aliphatic rings. The van der Waals surface area contributed by atoms with Crippen LogP contribution < -0.4 is 0 Å². The van der Waals surface area contributed by atoms with E-state index in [-0.39, 0.29) is 0 Å². The summed E-state index contributed by atoms with van der Waals surface area (Å²) in [5.41, 5.74) is 3.81. The number of benzene rings is 2. The Bertz CT molecular complexity index is 1380. The van der Waals surface area contributed by atoms with Crippen LogP contribution in [0.2, 0.25) is 0 Å². The minimum absolute atomic E-state index is 0.293. The van der Waals surface area contributed by atoms with E-state index in [1.807, 2.05) is 49.5 Å². The van der Waals surface area contributed by atoms with E-state index in [4.69, 9.17) is 4.74 Å². The zero-order chi connectivity index (χ0) is 20.3. The average Bonchev–Trinajstić information content (AvgIpc) is 3.33. The van der Waals surface area contributed by atoms with Crippen molar-refractivity contribution in [2.75, 3.05) is 0 Å². The van der Waals surface area contributed by atoms with Gasteiger partial charge in [0.25, 0.3) is 0 Å². The summed E-state index contributed by atoms with van der Waals surface area (Å²) in [5, 5.41) is 1.76. The second-order valence-corrected chi connectivity index (χ2v) is 8.64. The summed E-state index contributed by atoms with van der Waals surface area (Å²) in [6.45, 7) is 2.77. The zero-order valence-corrected chi connectivity index (χ0v) is 18.4. The van der Waals surface area contributed by atoms with Gasteiger partial charge in [-0.2, -0.15) is 0 Å². The van der Waals surface area contributed by atoms with Gasteiger partial charge in [0.1, 0.15) is 0 Å². The third kappa shape index (κ3) is 2.80. The van der Waals surface area contributed by atoms with Crippen LogP contribution >= 0.6 is 31.9 Å². The third-order valence-electron chi connectivity index (χ3n) is 5.21. The van der Waals surface area contributed by atoms with Crippen LogP contribution in [0.5, 0.6) is 0 Å². The van der Waals surface area contributed by atoms with Gasteiger partial charge in [0, 0.05) is 60.8 Å². The lowest BCUT2D eigenvalue weighted by Crippen LogP contribution is -2.01. The van der Waals surface area contributed by atoms with Crippen LogP contribution in [-0.2, 0) is 20.9 Å². The van der Waals surface area contributed by atoms with Gasteiger partial charge in [-0.3, -0.25) is 0 Å². The summed E-state index contributed by atoms with van der Waals surface area (Å²) >= 11 is 6.96. The third-order valence-corrected chi connectivity index (χ3v) is 6.20. The number of aromatic nitrogens is 2. The normalized spacial score (nSPS) is 14.4. The van der Waals surface area contributed by atoms with E-state index in [2.05, 4.69) is 41.4 Å². The van der Waals surface area contributed by atoms with Gasteiger partial charge in [-0.15, -0.1) is 0 Å². The number of hydrogen-bond donors (Lipinski definition) is 1. The molecule has 5 nitrogen and oxygen atoms in total. The number of halogens is 2. The number of H-pyrrole nitrogens is 1. The van der Waals surface area contributed by atoms with E-state index in [1.165, 1.54) is 0 Å². The molecule has 0 spiro atoms. The van der Waals surface area contributed by atoms with Crippen molar-refractivity contribution in [2.45, 2.75) is 13.5 Å². The molecule has 3 heterocycles. The fraction of sp³-hybridized carbons (Fsp3) is 0.0909. The number of aryl methyl sites for hydroxylation is 1. The van der Waals surface area contributed by atoms with Crippen molar-refractivity contribution in [1.82, 2.24) is 9.55 Å². The first-order valence-corrected chi connectivity index (χ1v) is 10.6. The molecular formula is C22H14Br2N2O3. The zero-order valence-electron chi connectivity index (χ0n) is 15.3. The lowest BCUT2D eigenvalue weighted by molar-refractivity contribution is -0.149. The number of cyclic esters (lactones) is 2. The number of esters is 2. The van der Waals surface area contributed by atoms with E-state index < -0.39 is 11.9 Å².